The second kappa shape index (κ2) is 6.96. The molecule has 0 amide bonds. The van der Waals surface area contributed by atoms with Crippen molar-refractivity contribution >= 4 is 11.8 Å². The Hall–Kier alpha value is -3.00. The van der Waals surface area contributed by atoms with Crippen LogP contribution in [0.4, 0.5) is 5.82 Å². The molecule has 0 aliphatic carbocycles. The molecule has 0 aliphatic heterocycles. The number of hydrogen-bond acceptors (Lipinski definition) is 8. The van der Waals surface area contributed by atoms with E-state index in [-0.39, 0.29) is 23.7 Å². The molecule has 1 aromatic heterocycles. The van der Waals surface area contributed by atoms with E-state index in [1.165, 1.54) is 12.3 Å². The van der Waals surface area contributed by atoms with Crippen molar-refractivity contribution in [2.45, 2.75) is 6.61 Å². The van der Waals surface area contributed by atoms with Crippen LogP contribution in [0.1, 0.15) is 15.9 Å². The quantitative estimate of drug-likeness (QED) is 0.472. The van der Waals surface area contributed by atoms with Gasteiger partial charge in [-0.05, 0) is 11.6 Å². The molecule has 0 fully saturated rings. The molecule has 1 aromatic carbocycles. The molecule has 0 radical (unpaired) electrons. The first kappa shape index (κ1) is 14.4. The van der Waals surface area contributed by atoms with Crippen molar-refractivity contribution in [3.05, 3.63) is 58.6 Å². The Kier molecular flexibility index (Phi) is 4.78. The second-order valence-corrected chi connectivity index (χ2v) is 3.90. The summed E-state index contributed by atoms with van der Waals surface area (Å²) in [5, 5.41) is 2.10. The monoisotopic (exact) mass is 288 g/mol. The third-order valence-electron chi connectivity index (χ3n) is 2.61. The molecule has 0 saturated heterocycles. The summed E-state index contributed by atoms with van der Waals surface area (Å²) < 4.78 is 5.55. The molecule has 0 unspecified atom stereocenters. The van der Waals surface area contributed by atoms with Crippen LogP contribution in [-0.4, -0.2) is 11.0 Å². The fourth-order valence-corrected chi connectivity index (χ4v) is 1.69. The van der Waals surface area contributed by atoms with E-state index in [1.54, 1.807) is 0 Å². The number of carbonyl (C=O) groups is 1. The minimum absolute atomic E-state index is 0.0224. The van der Waals surface area contributed by atoms with Gasteiger partial charge in [0.15, 0.2) is 11.2 Å². The van der Waals surface area contributed by atoms with Crippen LogP contribution in [0.5, 0.6) is 5.75 Å². The van der Waals surface area contributed by atoms with Crippen molar-refractivity contribution in [3.8, 4) is 5.75 Å². The lowest BCUT2D eigenvalue weighted by Crippen LogP contribution is -2.15. The summed E-state index contributed by atoms with van der Waals surface area (Å²) in [6.07, 6.45) is 1.40. The van der Waals surface area contributed by atoms with Crippen LogP contribution in [-0.2, 0) is 11.4 Å². The maximum absolute atomic E-state index is 11.7. The van der Waals surface area contributed by atoms with Crippen molar-refractivity contribution in [1.82, 2.24) is 4.98 Å². The zero-order valence-electron chi connectivity index (χ0n) is 10.9. The number of nitrogens with zero attached hydrogens (tertiary/aromatic N) is 2. The first-order valence-electron chi connectivity index (χ1n) is 5.92. The highest BCUT2D eigenvalue weighted by Gasteiger charge is 2.21. The van der Waals surface area contributed by atoms with E-state index >= 15 is 0 Å². The third-order valence-corrected chi connectivity index (χ3v) is 2.61. The van der Waals surface area contributed by atoms with Crippen LogP contribution >= 0.6 is 0 Å². The highest BCUT2D eigenvalue weighted by molar-refractivity contribution is 5.97. The standard InChI is InChI=1S/C13H12N4O4/c14-16-12-11(13(18)21-17-19)10(6-7-15-12)20-8-9-4-2-1-3-5-9/h1-7H,8,14H2,(H,15,16). The van der Waals surface area contributed by atoms with Gasteiger partial charge in [0.2, 0.25) is 0 Å². The van der Waals surface area contributed by atoms with E-state index in [1.807, 2.05) is 30.3 Å². The SMILES string of the molecule is NNc1nccc(OCc2ccccc2)c1C(=O)ON=O. The first-order chi connectivity index (χ1) is 10.3. The predicted molar refractivity (Wildman–Crippen MR) is 74.0 cm³/mol. The van der Waals surface area contributed by atoms with Gasteiger partial charge in [-0.3, -0.25) is 4.84 Å². The van der Waals surface area contributed by atoms with Gasteiger partial charge in [0.05, 0.1) is 0 Å². The van der Waals surface area contributed by atoms with Gasteiger partial charge >= 0.3 is 5.97 Å². The molecular weight excluding hydrogens is 276 g/mol. The Balaban J connectivity index is 2.25. The summed E-state index contributed by atoms with van der Waals surface area (Å²) in [5.74, 6) is 4.47. The number of rotatable bonds is 6. The Morgan fingerprint density at radius 1 is 1.29 bits per heavy atom. The average molecular weight is 288 g/mol. The van der Waals surface area contributed by atoms with Gasteiger partial charge in [-0.1, -0.05) is 30.3 Å². The van der Waals surface area contributed by atoms with Gasteiger partial charge in [-0.2, -0.15) is 0 Å². The van der Waals surface area contributed by atoms with Gasteiger partial charge in [0.1, 0.15) is 17.9 Å². The lowest BCUT2D eigenvalue weighted by Gasteiger charge is -2.12. The lowest BCUT2D eigenvalue weighted by atomic mass is 10.2. The molecule has 1 heterocycles. The number of hydrogen-bond donors (Lipinski definition) is 2. The Morgan fingerprint density at radius 3 is 2.71 bits per heavy atom. The number of nitrogen functional groups attached to an aromatic ring is 1. The van der Waals surface area contributed by atoms with Crippen molar-refractivity contribution < 1.29 is 14.4 Å². The Morgan fingerprint density at radius 2 is 2.05 bits per heavy atom. The predicted octanol–water partition coefficient (Wildman–Crippen LogP) is 1.78. The number of hydrazine groups is 1. The van der Waals surface area contributed by atoms with E-state index < -0.39 is 5.97 Å². The van der Waals surface area contributed by atoms with Gasteiger partial charge in [0.25, 0.3) is 0 Å². The summed E-state index contributed by atoms with van der Waals surface area (Å²) in [5.41, 5.74) is 3.04. The zero-order chi connectivity index (χ0) is 15.1. The van der Waals surface area contributed by atoms with Crippen molar-refractivity contribution in [2.24, 2.45) is 11.2 Å². The minimum atomic E-state index is -1.01. The minimum Gasteiger partial charge on any atom is -0.488 e. The summed E-state index contributed by atoms with van der Waals surface area (Å²) in [7, 11) is 0. The largest absolute Gasteiger partial charge is 0.488 e. The van der Waals surface area contributed by atoms with Crippen LogP contribution < -0.4 is 16.0 Å². The van der Waals surface area contributed by atoms with E-state index in [9.17, 15) is 9.70 Å². The maximum atomic E-state index is 11.7. The first-order valence-corrected chi connectivity index (χ1v) is 5.92. The van der Waals surface area contributed by atoms with Crippen LogP contribution in [0.15, 0.2) is 47.9 Å². The number of benzene rings is 1. The van der Waals surface area contributed by atoms with Crippen LogP contribution in [0.25, 0.3) is 0 Å². The molecule has 8 heteroatoms. The van der Waals surface area contributed by atoms with Gasteiger partial charge < -0.3 is 10.2 Å². The number of ether oxygens (including phenoxy) is 1. The molecule has 0 atom stereocenters. The second-order valence-electron chi connectivity index (χ2n) is 3.90. The number of pyridine rings is 1. The molecule has 0 spiro atoms. The maximum Gasteiger partial charge on any atom is 0.376 e. The lowest BCUT2D eigenvalue weighted by molar-refractivity contribution is 0.0504. The fourth-order valence-electron chi connectivity index (χ4n) is 1.69. The fraction of sp³-hybridized carbons (Fsp3) is 0.0769. The number of anilines is 1. The highest BCUT2D eigenvalue weighted by atomic mass is 16.7. The molecule has 2 aromatic rings. The summed E-state index contributed by atoms with van der Waals surface area (Å²) >= 11 is 0. The van der Waals surface area contributed by atoms with Crippen LogP contribution in [0.2, 0.25) is 0 Å². The van der Waals surface area contributed by atoms with Gasteiger partial charge in [-0.15, -0.1) is 4.91 Å². The summed E-state index contributed by atoms with van der Waals surface area (Å²) in [6, 6.07) is 10.8. The smallest absolute Gasteiger partial charge is 0.376 e. The molecule has 8 nitrogen and oxygen atoms in total. The van der Waals surface area contributed by atoms with Crippen molar-refractivity contribution in [2.75, 3.05) is 5.43 Å². The number of nitrogens with one attached hydrogen (secondary N) is 1. The van der Waals surface area contributed by atoms with Crippen LogP contribution in [0.3, 0.4) is 0 Å². The van der Waals surface area contributed by atoms with Crippen LogP contribution in [0, 0.1) is 4.91 Å². The van der Waals surface area contributed by atoms with E-state index in [2.05, 4.69) is 20.6 Å². The summed E-state index contributed by atoms with van der Waals surface area (Å²) in [6.45, 7) is 0.226. The third kappa shape index (κ3) is 3.51. The normalized spacial score (nSPS) is 9.76. The molecule has 0 saturated carbocycles. The Labute approximate surface area is 119 Å². The molecule has 2 rings (SSSR count). The van der Waals surface area contributed by atoms with Gasteiger partial charge in [-0.25, -0.2) is 15.6 Å². The molecular formula is C13H12N4O4. The topological polar surface area (TPSA) is 116 Å². The van der Waals surface area contributed by atoms with Crippen molar-refractivity contribution in [3.63, 3.8) is 0 Å². The number of nitrogens with two attached hydrogens (primary N) is 1. The highest BCUT2D eigenvalue weighted by Crippen LogP contribution is 2.25. The zero-order valence-corrected chi connectivity index (χ0v) is 10.9. The molecule has 21 heavy (non-hydrogen) atoms. The van der Waals surface area contributed by atoms with E-state index in [4.69, 9.17) is 10.6 Å². The van der Waals surface area contributed by atoms with E-state index in [0.717, 1.165) is 5.56 Å². The number of aromatic nitrogens is 1. The van der Waals surface area contributed by atoms with E-state index in [0.29, 0.717) is 0 Å². The number of carbonyl (C=O) groups excluding carboxylic acids is 1. The summed E-state index contributed by atoms with van der Waals surface area (Å²) in [4.78, 5) is 29.7. The molecule has 108 valence electrons. The molecule has 3 N–H and O–H groups in total. The molecule has 0 bridgehead atoms. The molecule has 0 aliphatic rings. The van der Waals surface area contributed by atoms with Gasteiger partial charge in [0, 0.05) is 6.20 Å². The van der Waals surface area contributed by atoms with Crippen molar-refractivity contribution in [1.29, 1.82) is 0 Å². The average Bonchev–Trinajstić information content (AvgIpc) is 2.53. The Bertz CT molecular complexity index is 633.